The maximum Gasteiger partial charge on any atom is 0.293 e. The van der Waals surface area contributed by atoms with Crippen molar-refractivity contribution in [2.45, 2.75) is 13.5 Å². The summed E-state index contributed by atoms with van der Waals surface area (Å²) in [7, 11) is 0. The van der Waals surface area contributed by atoms with Crippen LogP contribution in [0.5, 0.6) is 0 Å². The van der Waals surface area contributed by atoms with Crippen LogP contribution < -0.4 is 11.3 Å². The highest BCUT2D eigenvalue weighted by Crippen LogP contribution is 2.25. The van der Waals surface area contributed by atoms with Crippen LogP contribution in [-0.2, 0) is 11.3 Å². The minimum atomic E-state index is -0.468. The molecule has 1 aromatic carbocycles. The number of amides is 1. The van der Waals surface area contributed by atoms with Gasteiger partial charge in [0.2, 0.25) is 5.91 Å². The van der Waals surface area contributed by atoms with Crippen LogP contribution in [0.25, 0.3) is 0 Å². The second-order valence-corrected chi connectivity index (χ2v) is 5.04. The van der Waals surface area contributed by atoms with Gasteiger partial charge in [-0.25, -0.2) is 0 Å². The third-order valence-electron chi connectivity index (χ3n) is 3.64. The first kappa shape index (κ1) is 15.2. The lowest BCUT2D eigenvalue weighted by Gasteiger charge is -2.34. The van der Waals surface area contributed by atoms with Gasteiger partial charge < -0.3 is 10.3 Å². The predicted octanol–water partition coefficient (Wildman–Crippen LogP) is 0.544. The summed E-state index contributed by atoms with van der Waals surface area (Å²) in [5, 5.41) is 10.8. The van der Waals surface area contributed by atoms with Crippen LogP contribution in [-0.4, -0.2) is 46.8 Å². The molecule has 114 valence electrons. The lowest BCUT2D eigenvalue weighted by atomic mass is 10.1. The Balaban J connectivity index is 2.01. The van der Waals surface area contributed by atoms with Gasteiger partial charge in [0.25, 0.3) is 5.69 Å². The average Bonchev–Trinajstić information content (AvgIpc) is 2.47. The number of hydrazine groups is 1. The van der Waals surface area contributed by atoms with E-state index in [1.54, 1.807) is 19.1 Å². The molecule has 8 heteroatoms. The highest BCUT2D eigenvalue weighted by molar-refractivity contribution is 5.73. The Morgan fingerprint density at radius 1 is 1.38 bits per heavy atom. The normalized spacial score (nSPS) is 15.8. The van der Waals surface area contributed by atoms with E-state index in [-0.39, 0.29) is 11.6 Å². The summed E-state index contributed by atoms with van der Waals surface area (Å²) in [6, 6.07) is 4.88. The zero-order valence-electron chi connectivity index (χ0n) is 11.9. The summed E-state index contributed by atoms with van der Waals surface area (Å²) in [6.45, 7) is 5.27. The maximum atomic E-state index is 11.3. The molecule has 3 N–H and O–H groups in total. The van der Waals surface area contributed by atoms with Gasteiger partial charge >= 0.3 is 0 Å². The van der Waals surface area contributed by atoms with Crippen molar-refractivity contribution in [3.63, 3.8) is 0 Å². The average molecular weight is 293 g/mol. The minimum Gasteiger partial charge on any atom is -0.340 e. The number of benzene rings is 1. The van der Waals surface area contributed by atoms with Crippen molar-refractivity contribution >= 4 is 17.3 Å². The van der Waals surface area contributed by atoms with Crippen molar-refractivity contribution in [2.75, 3.05) is 31.6 Å². The summed E-state index contributed by atoms with van der Waals surface area (Å²) >= 11 is 0. The number of hydrogen-bond donors (Lipinski definition) is 2. The highest BCUT2D eigenvalue weighted by Gasteiger charge is 2.19. The number of hydrogen-bond acceptors (Lipinski definition) is 6. The minimum absolute atomic E-state index is 0.0392. The number of rotatable bonds is 4. The third-order valence-corrected chi connectivity index (χ3v) is 3.64. The van der Waals surface area contributed by atoms with Gasteiger partial charge in [-0.3, -0.25) is 25.7 Å². The molecule has 0 bridgehead atoms. The second-order valence-electron chi connectivity index (χ2n) is 5.04. The topological polar surface area (TPSA) is 105 Å². The van der Waals surface area contributed by atoms with Crippen molar-refractivity contribution < 1.29 is 9.72 Å². The van der Waals surface area contributed by atoms with Crippen molar-refractivity contribution in [2.24, 2.45) is 5.84 Å². The van der Waals surface area contributed by atoms with Crippen molar-refractivity contribution in [1.29, 1.82) is 0 Å². The van der Waals surface area contributed by atoms with Crippen molar-refractivity contribution in [3.8, 4) is 0 Å². The fourth-order valence-corrected chi connectivity index (χ4v) is 2.44. The monoisotopic (exact) mass is 293 g/mol. The molecule has 0 saturated carbocycles. The van der Waals surface area contributed by atoms with Crippen LogP contribution in [0.2, 0.25) is 0 Å². The van der Waals surface area contributed by atoms with Gasteiger partial charge in [0.05, 0.1) is 4.92 Å². The first-order valence-corrected chi connectivity index (χ1v) is 6.73. The van der Waals surface area contributed by atoms with E-state index >= 15 is 0 Å². The van der Waals surface area contributed by atoms with Crippen LogP contribution in [0.3, 0.4) is 0 Å². The molecular weight excluding hydrogens is 274 g/mol. The van der Waals surface area contributed by atoms with Gasteiger partial charge in [0, 0.05) is 45.7 Å². The molecule has 1 saturated heterocycles. The second kappa shape index (κ2) is 6.51. The molecule has 21 heavy (non-hydrogen) atoms. The van der Waals surface area contributed by atoms with Crippen LogP contribution >= 0.6 is 0 Å². The number of piperazine rings is 1. The molecule has 0 radical (unpaired) electrons. The number of carbonyl (C=O) groups is 1. The van der Waals surface area contributed by atoms with Gasteiger partial charge in [-0.2, -0.15) is 0 Å². The molecule has 1 amide bonds. The summed E-state index contributed by atoms with van der Waals surface area (Å²) < 4.78 is 0. The van der Waals surface area contributed by atoms with Gasteiger partial charge in [-0.05, 0) is 11.6 Å². The number of nitrogens with two attached hydrogens (primary N) is 1. The smallest absolute Gasteiger partial charge is 0.293 e. The molecule has 0 spiro atoms. The highest BCUT2D eigenvalue weighted by atomic mass is 16.6. The maximum absolute atomic E-state index is 11.3. The van der Waals surface area contributed by atoms with E-state index in [0.717, 1.165) is 18.7 Å². The molecule has 1 aliphatic heterocycles. The Labute approximate surface area is 122 Å². The van der Waals surface area contributed by atoms with E-state index < -0.39 is 4.92 Å². The number of nitro groups is 1. The summed E-state index contributed by atoms with van der Waals surface area (Å²) in [6.07, 6.45) is 0. The molecule has 1 heterocycles. The Kier molecular flexibility index (Phi) is 4.71. The molecule has 8 nitrogen and oxygen atoms in total. The first-order chi connectivity index (χ1) is 10.0. The Bertz CT molecular complexity index is 541. The number of nitrogens with zero attached hydrogens (tertiary/aromatic N) is 3. The first-order valence-electron chi connectivity index (χ1n) is 6.73. The van der Waals surface area contributed by atoms with Crippen molar-refractivity contribution in [1.82, 2.24) is 9.80 Å². The van der Waals surface area contributed by atoms with Crippen LogP contribution in [0.1, 0.15) is 12.5 Å². The third kappa shape index (κ3) is 3.67. The van der Waals surface area contributed by atoms with Gasteiger partial charge in [-0.1, -0.05) is 6.07 Å². The van der Waals surface area contributed by atoms with E-state index in [9.17, 15) is 14.9 Å². The number of nitro benzene ring substituents is 1. The number of nitrogens with one attached hydrogen (secondary N) is 1. The molecule has 0 aliphatic carbocycles. The Morgan fingerprint density at radius 2 is 2.05 bits per heavy atom. The SMILES string of the molecule is CC(=O)N1CCN(Cc2ccc([N+](=O)[O-])c(NN)c2)CC1. The van der Waals surface area contributed by atoms with Gasteiger partial charge in [-0.15, -0.1) is 0 Å². The molecular formula is C13H19N5O3. The molecule has 1 aliphatic rings. The zero-order valence-corrected chi connectivity index (χ0v) is 11.9. The van der Waals surface area contributed by atoms with Crippen LogP contribution in [0.4, 0.5) is 11.4 Å². The fourth-order valence-electron chi connectivity index (χ4n) is 2.44. The lowest BCUT2D eigenvalue weighted by molar-refractivity contribution is -0.384. The zero-order chi connectivity index (χ0) is 15.4. The number of anilines is 1. The predicted molar refractivity (Wildman–Crippen MR) is 78.4 cm³/mol. The molecule has 0 aromatic heterocycles. The van der Waals surface area contributed by atoms with E-state index in [2.05, 4.69) is 10.3 Å². The summed E-state index contributed by atoms with van der Waals surface area (Å²) in [4.78, 5) is 25.7. The van der Waals surface area contributed by atoms with E-state index in [0.29, 0.717) is 25.3 Å². The molecule has 1 aromatic rings. The van der Waals surface area contributed by atoms with Gasteiger partial charge in [0.15, 0.2) is 0 Å². The standard InChI is InChI=1S/C13H19N5O3/c1-10(19)17-6-4-16(5-7-17)9-11-2-3-13(18(20)21)12(8-11)15-14/h2-3,8,15H,4-7,9,14H2,1H3. The Hall–Kier alpha value is -2.19. The molecule has 1 fully saturated rings. The Morgan fingerprint density at radius 3 is 2.57 bits per heavy atom. The number of nitrogen functional groups attached to an aromatic ring is 1. The number of carbonyl (C=O) groups excluding carboxylic acids is 1. The fraction of sp³-hybridized carbons (Fsp3) is 0.462. The summed E-state index contributed by atoms with van der Waals surface area (Å²) in [5.74, 6) is 5.43. The van der Waals surface area contributed by atoms with Crippen molar-refractivity contribution in [3.05, 3.63) is 33.9 Å². The van der Waals surface area contributed by atoms with Crippen LogP contribution in [0.15, 0.2) is 18.2 Å². The van der Waals surface area contributed by atoms with E-state index in [1.807, 2.05) is 4.90 Å². The quantitative estimate of drug-likeness (QED) is 0.477. The van der Waals surface area contributed by atoms with E-state index in [1.165, 1.54) is 6.07 Å². The summed E-state index contributed by atoms with van der Waals surface area (Å²) in [5.41, 5.74) is 3.58. The van der Waals surface area contributed by atoms with E-state index in [4.69, 9.17) is 5.84 Å². The lowest BCUT2D eigenvalue weighted by Crippen LogP contribution is -2.47. The van der Waals surface area contributed by atoms with Gasteiger partial charge in [0.1, 0.15) is 5.69 Å². The molecule has 0 unspecified atom stereocenters. The largest absolute Gasteiger partial charge is 0.340 e. The van der Waals surface area contributed by atoms with Crippen LogP contribution in [0, 0.1) is 10.1 Å². The molecule has 2 rings (SSSR count). The molecule has 0 atom stereocenters.